The molecule has 1 saturated carbocycles. The Balaban J connectivity index is 2.17. The molecule has 0 spiro atoms. The van der Waals surface area contributed by atoms with Gasteiger partial charge in [-0.2, -0.15) is 0 Å². The van der Waals surface area contributed by atoms with E-state index in [1.807, 2.05) is 0 Å². The van der Waals surface area contributed by atoms with E-state index in [4.69, 9.17) is 10.5 Å². The molecule has 1 aliphatic rings. The van der Waals surface area contributed by atoms with Crippen LogP contribution in [0.4, 0.5) is 0 Å². The van der Waals surface area contributed by atoms with E-state index in [0.29, 0.717) is 5.75 Å². The number of phenols is 1. The molecule has 0 radical (unpaired) electrons. The third-order valence-electron chi connectivity index (χ3n) is 4.03. The average Bonchev–Trinajstić information content (AvgIpc) is 2.46. The second-order valence-electron chi connectivity index (χ2n) is 5.31. The van der Waals surface area contributed by atoms with Gasteiger partial charge in [0.25, 0.3) is 5.91 Å². The Morgan fingerprint density at radius 3 is 2.70 bits per heavy atom. The number of amides is 1. The number of methoxy groups -OCH3 is 1. The van der Waals surface area contributed by atoms with E-state index in [1.165, 1.54) is 13.2 Å². The number of likely N-dealkylation sites (N-methyl/N-ethyl adjacent to an activating group) is 1. The standard InChI is InChI=1S/C15H22N2O3/c1-17(13-6-4-3-5-12(13)16)15(19)11-8-7-10(20-2)9-14(11)18/h7-9,12-13,18H,3-6,16H2,1-2H3. The topological polar surface area (TPSA) is 75.8 Å². The summed E-state index contributed by atoms with van der Waals surface area (Å²) in [6.45, 7) is 0. The minimum Gasteiger partial charge on any atom is -0.507 e. The minimum absolute atomic E-state index is 0.0121. The van der Waals surface area contributed by atoms with Crippen molar-refractivity contribution in [3.8, 4) is 11.5 Å². The van der Waals surface area contributed by atoms with Gasteiger partial charge in [-0.15, -0.1) is 0 Å². The van der Waals surface area contributed by atoms with Crippen LogP contribution >= 0.6 is 0 Å². The normalized spacial score (nSPS) is 22.4. The van der Waals surface area contributed by atoms with Crippen LogP contribution in [0.3, 0.4) is 0 Å². The molecule has 0 heterocycles. The monoisotopic (exact) mass is 278 g/mol. The number of nitrogens with zero attached hydrogens (tertiary/aromatic N) is 1. The second-order valence-corrected chi connectivity index (χ2v) is 5.31. The number of rotatable bonds is 3. The van der Waals surface area contributed by atoms with Crippen molar-refractivity contribution in [2.45, 2.75) is 37.8 Å². The molecule has 20 heavy (non-hydrogen) atoms. The molecular weight excluding hydrogens is 256 g/mol. The zero-order chi connectivity index (χ0) is 14.7. The molecule has 2 unspecified atom stereocenters. The van der Waals surface area contributed by atoms with E-state index in [0.717, 1.165) is 25.7 Å². The molecule has 0 aliphatic heterocycles. The molecule has 5 nitrogen and oxygen atoms in total. The molecule has 1 amide bonds. The summed E-state index contributed by atoms with van der Waals surface area (Å²) in [5.74, 6) is 0.258. The lowest BCUT2D eigenvalue weighted by Gasteiger charge is -2.36. The first-order valence-corrected chi connectivity index (χ1v) is 6.94. The number of aromatic hydroxyl groups is 1. The lowest BCUT2D eigenvalue weighted by Crippen LogP contribution is -2.50. The van der Waals surface area contributed by atoms with E-state index in [9.17, 15) is 9.90 Å². The fourth-order valence-electron chi connectivity index (χ4n) is 2.78. The molecule has 2 rings (SSSR count). The van der Waals surface area contributed by atoms with Crippen LogP contribution in [-0.2, 0) is 0 Å². The SMILES string of the molecule is COc1ccc(C(=O)N(C)C2CCCCC2N)c(O)c1. The molecule has 0 aromatic heterocycles. The Kier molecular flexibility index (Phi) is 4.49. The van der Waals surface area contributed by atoms with Gasteiger partial charge in [-0.05, 0) is 25.0 Å². The number of phenolic OH excluding ortho intramolecular Hbond substituents is 1. The van der Waals surface area contributed by atoms with Crippen LogP contribution in [0.1, 0.15) is 36.0 Å². The van der Waals surface area contributed by atoms with Crippen molar-refractivity contribution in [2.24, 2.45) is 5.73 Å². The molecule has 1 aromatic rings. The summed E-state index contributed by atoms with van der Waals surface area (Å²) in [5, 5.41) is 9.95. The van der Waals surface area contributed by atoms with E-state index in [1.54, 1.807) is 24.1 Å². The smallest absolute Gasteiger partial charge is 0.257 e. The highest BCUT2D eigenvalue weighted by atomic mass is 16.5. The predicted molar refractivity (Wildman–Crippen MR) is 77.0 cm³/mol. The zero-order valence-corrected chi connectivity index (χ0v) is 12.0. The molecule has 3 N–H and O–H groups in total. The van der Waals surface area contributed by atoms with Crippen LogP contribution in [0, 0.1) is 0 Å². The maximum absolute atomic E-state index is 12.5. The highest BCUT2D eigenvalue weighted by molar-refractivity contribution is 5.97. The van der Waals surface area contributed by atoms with Gasteiger partial charge in [-0.3, -0.25) is 4.79 Å². The van der Waals surface area contributed by atoms with Crippen molar-refractivity contribution in [2.75, 3.05) is 14.2 Å². The number of hydrogen-bond donors (Lipinski definition) is 2. The molecule has 5 heteroatoms. The summed E-state index contributed by atoms with van der Waals surface area (Å²) in [7, 11) is 3.27. The average molecular weight is 278 g/mol. The van der Waals surface area contributed by atoms with Crippen molar-refractivity contribution in [1.82, 2.24) is 4.90 Å². The third-order valence-corrected chi connectivity index (χ3v) is 4.03. The van der Waals surface area contributed by atoms with Gasteiger partial charge in [-0.25, -0.2) is 0 Å². The molecule has 1 aliphatic carbocycles. The van der Waals surface area contributed by atoms with Gasteiger partial charge >= 0.3 is 0 Å². The molecule has 0 saturated heterocycles. The molecular formula is C15H22N2O3. The van der Waals surface area contributed by atoms with Crippen LogP contribution in [0.15, 0.2) is 18.2 Å². The van der Waals surface area contributed by atoms with E-state index in [2.05, 4.69) is 0 Å². The fraction of sp³-hybridized carbons (Fsp3) is 0.533. The van der Waals surface area contributed by atoms with Crippen molar-refractivity contribution >= 4 is 5.91 Å². The summed E-state index contributed by atoms with van der Waals surface area (Å²) in [4.78, 5) is 14.1. The van der Waals surface area contributed by atoms with Crippen molar-refractivity contribution < 1.29 is 14.6 Å². The van der Waals surface area contributed by atoms with Crippen LogP contribution in [0.2, 0.25) is 0 Å². The Hall–Kier alpha value is -1.75. The molecule has 0 bridgehead atoms. The van der Waals surface area contributed by atoms with Gasteiger partial charge in [0, 0.05) is 25.2 Å². The van der Waals surface area contributed by atoms with Crippen LogP contribution < -0.4 is 10.5 Å². The molecule has 1 aromatic carbocycles. The second kappa shape index (κ2) is 6.13. The minimum atomic E-state index is -0.201. The summed E-state index contributed by atoms with van der Waals surface area (Å²) in [6.07, 6.45) is 4.06. The quantitative estimate of drug-likeness (QED) is 0.883. The van der Waals surface area contributed by atoms with E-state index < -0.39 is 0 Å². The maximum atomic E-state index is 12.5. The van der Waals surface area contributed by atoms with Gasteiger partial charge < -0.3 is 20.5 Å². The maximum Gasteiger partial charge on any atom is 0.257 e. The Morgan fingerprint density at radius 1 is 1.40 bits per heavy atom. The van der Waals surface area contributed by atoms with Crippen molar-refractivity contribution in [3.05, 3.63) is 23.8 Å². The van der Waals surface area contributed by atoms with Crippen LogP contribution in [0.5, 0.6) is 11.5 Å². The summed E-state index contributed by atoms with van der Waals surface area (Å²) >= 11 is 0. The third kappa shape index (κ3) is 2.88. The summed E-state index contributed by atoms with van der Waals surface area (Å²) in [5.41, 5.74) is 6.39. The number of benzene rings is 1. The van der Waals surface area contributed by atoms with E-state index in [-0.39, 0.29) is 29.3 Å². The highest BCUT2D eigenvalue weighted by Gasteiger charge is 2.29. The first-order chi connectivity index (χ1) is 9.54. The Bertz CT molecular complexity index is 490. The lowest BCUT2D eigenvalue weighted by molar-refractivity contribution is 0.0669. The van der Waals surface area contributed by atoms with Gasteiger partial charge in [0.05, 0.1) is 12.7 Å². The predicted octanol–water partition coefficient (Wildman–Crippen LogP) is 1.74. The summed E-state index contributed by atoms with van der Waals surface area (Å²) < 4.78 is 5.02. The Morgan fingerprint density at radius 2 is 2.10 bits per heavy atom. The number of hydrogen-bond acceptors (Lipinski definition) is 4. The van der Waals surface area contributed by atoms with E-state index >= 15 is 0 Å². The van der Waals surface area contributed by atoms with Crippen LogP contribution in [0.25, 0.3) is 0 Å². The number of nitrogens with two attached hydrogens (primary N) is 1. The molecule has 2 atom stereocenters. The van der Waals surface area contributed by atoms with Crippen molar-refractivity contribution in [1.29, 1.82) is 0 Å². The number of ether oxygens (including phenoxy) is 1. The lowest BCUT2D eigenvalue weighted by atomic mass is 9.89. The number of carbonyl (C=O) groups is 1. The zero-order valence-electron chi connectivity index (χ0n) is 12.0. The molecule has 1 fully saturated rings. The largest absolute Gasteiger partial charge is 0.507 e. The van der Waals surface area contributed by atoms with Gasteiger partial charge in [0.2, 0.25) is 0 Å². The van der Waals surface area contributed by atoms with Gasteiger partial charge in [-0.1, -0.05) is 12.8 Å². The van der Waals surface area contributed by atoms with Gasteiger partial charge in [0.15, 0.2) is 0 Å². The van der Waals surface area contributed by atoms with Gasteiger partial charge in [0.1, 0.15) is 11.5 Å². The Labute approximate surface area is 119 Å². The summed E-state index contributed by atoms with van der Waals surface area (Å²) in [6, 6.07) is 4.75. The number of carbonyl (C=O) groups excluding carboxylic acids is 1. The van der Waals surface area contributed by atoms with Crippen molar-refractivity contribution in [3.63, 3.8) is 0 Å². The first-order valence-electron chi connectivity index (χ1n) is 6.94. The molecule has 110 valence electrons. The van der Waals surface area contributed by atoms with Crippen LogP contribution in [-0.4, -0.2) is 42.2 Å². The fourth-order valence-corrected chi connectivity index (χ4v) is 2.78. The first kappa shape index (κ1) is 14.7. The highest BCUT2D eigenvalue weighted by Crippen LogP contribution is 2.27.